The lowest BCUT2D eigenvalue weighted by atomic mass is 9.98. The van der Waals surface area contributed by atoms with Crippen molar-refractivity contribution >= 4 is 23.8 Å². The Morgan fingerprint density at radius 2 is 2.11 bits per heavy atom. The van der Waals surface area contributed by atoms with Crippen molar-refractivity contribution in [2.24, 2.45) is 11.8 Å². The molecule has 3 aliphatic heterocycles. The minimum atomic E-state index is -0.511. The first-order valence-electron chi connectivity index (χ1n) is 12.5. The van der Waals surface area contributed by atoms with E-state index in [2.05, 4.69) is 26.9 Å². The average molecular weight is 508 g/mol. The molecule has 10 heteroatoms. The number of carbonyl (C=O) groups is 2. The lowest BCUT2D eigenvalue weighted by Gasteiger charge is -2.44. The normalized spacial score (nSPS) is 27.7. The lowest BCUT2D eigenvalue weighted by Crippen LogP contribution is -2.62. The second-order valence-electron chi connectivity index (χ2n) is 10.8. The van der Waals surface area contributed by atoms with Gasteiger partial charge in [0.15, 0.2) is 0 Å². The van der Waals surface area contributed by atoms with Crippen LogP contribution in [0.25, 0.3) is 0 Å². The molecule has 9 nitrogen and oxygen atoms in total. The van der Waals surface area contributed by atoms with Crippen LogP contribution >= 0.6 is 11.6 Å². The number of nitrogens with zero attached hydrogens (tertiary/aromatic N) is 2. The van der Waals surface area contributed by atoms with Crippen LogP contribution in [0, 0.1) is 18.8 Å². The first-order chi connectivity index (χ1) is 16.6. The summed E-state index contributed by atoms with van der Waals surface area (Å²) in [7, 11) is 0. The van der Waals surface area contributed by atoms with Gasteiger partial charge in [-0.3, -0.25) is 15.5 Å². The van der Waals surface area contributed by atoms with Crippen LogP contribution in [0.4, 0.5) is 9.59 Å². The van der Waals surface area contributed by atoms with Crippen LogP contribution < -0.4 is 16.0 Å². The molecule has 0 aliphatic carbocycles. The minimum Gasteiger partial charge on any atom is -0.448 e. The molecule has 4 rings (SSSR count). The molecule has 3 fully saturated rings. The van der Waals surface area contributed by atoms with Crippen molar-refractivity contribution < 1.29 is 19.1 Å². The Kier molecular flexibility index (Phi) is 8.10. The molecular formula is C25H38ClN5O4. The van der Waals surface area contributed by atoms with Crippen molar-refractivity contribution in [1.82, 2.24) is 25.8 Å². The smallest absolute Gasteiger partial charge is 0.409 e. The molecule has 35 heavy (non-hydrogen) atoms. The van der Waals surface area contributed by atoms with Crippen molar-refractivity contribution in [2.75, 3.05) is 45.9 Å². The molecular weight excluding hydrogens is 470 g/mol. The van der Waals surface area contributed by atoms with E-state index in [1.165, 1.54) is 0 Å². The van der Waals surface area contributed by atoms with Gasteiger partial charge in [-0.1, -0.05) is 23.7 Å². The highest BCUT2D eigenvalue weighted by atomic mass is 35.5. The standard InChI is InChI=1S/C25H38ClN5O4/c1-16-5-6-18(11-20(16)26)21-27-13-19(15-31-9-10-34-24(31)33)22(29-21)30-8-7-17(14-30)12-28-23(32)35-25(2,3)4/h5-6,11,17,19,21-22,27,29H,7-10,12-15H2,1-4H3,(H,28,32). The van der Waals surface area contributed by atoms with Crippen LogP contribution in [0.1, 0.15) is 44.5 Å². The zero-order valence-corrected chi connectivity index (χ0v) is 21.9. The molecule has 3 saturated heterocycles. The number of halogens is 1. The monoisotopic (exact) mass is 507 g/mol. The molecule has 4 unspecified atom stereocenters. The van der Waals surface area contributed by atoms with E-state index in [0.29, 0.717) is 32.2 Å². The second-order valence-corrected chi connectivity index (χ2v) is 11.2. The number of amides is 2. The van der Waals surface area contributed by atoms with Gasteiger partial charge >= 0.3 is 12.2 Å². The zero-order valence-electron chi connectivity index (χ0n) is 21.1. The molecule has 3 aliphatic rings. The highest BCUT2D eigenvalue weighted by Gasteiger charge is 2.39. The van der Waals surface area contributed by atoms with Gasteiger partial charge < -0.3 is 19.7 Å². The van der Waals surface area contributed by atoms with Crippen molar-refractivity contribution in [3.63, 3.8) is 0 Å². The first kappa shape index (κ1) is 26.0. The van der Waals surface area contributed by atoms with Gasteiger partial charge in [-0.25, -0.2) is 9.59 Å². The fraction of sp³-hybridized carbons (Fsp3) is 0.680. The van der Waals surface area contributed by atoms with E-state index in [-0.39, 0.29) is 30.4 Å². The van der Waals surface area contributed by atoms with Gasteiger partial charge in [-0.05, 0) is 57.2 Å². The van der Waals surface area contributed by atoms with Crippen LogP contribution in [-0.2, 0) is 9.47 Å². The molecule has 0 radical (unpaired) electrons. The number of ether oxygens (including phenoxy) is 2. The summed E-state index contributed by atoms with van der Waals surface area (Å²) in [5.41, 5.74) is 1.63. The Labute approximate surface area is 212 Å². The minimum absolute atomic E-state index is 0.0428. The summed E-state index contributed by atoms with van der Waals surface area (Å²) in [6.07, 6.45) is 0.399. The van der Waals surface area contributed by atoms with Crippen LogP contribution in [0.3, 0.4) is 0 Å². The summed E-state index contributed by atoms with van der Waals surface area (Å²) in [5.74, 6) is 0.527. The topological polar surface area (TPSA) is 95.2 Å². The van der Waals surface area contributed by atoms with Crippen LogP contribution in [0.2, 0.25) is 5.02 Å². The number of alkyl carbamates (subject to hydrolysis) is 1. The third-order valence-corrected chi connectivity index (χ3v) is 7.25. The van der Waals surface area contributed by atoms with Crippen LogP contribution in [0.15, 0.2) is 18.2 Å². The molecule has 1 aromatic rings. The van der Waals surface area contributed by atoms with E-state index < -0.39 is 5.60 Å². The third kappa shape index (κ3) is 6.78. The van der Waals surface area contributed by atoms with Crippen molar-refractivity contribution in [1.29, 1.82) is 0 Å². The van der Waals surface area contributed by atoms with Gasteiger partial charge in [0.25, 0.3) is 0 Å². The molecule has 0 bridgehead atoms. The molecule has 3 heterocycles. The Hall–Kier alpha value is -2.07. The van der Waals surface area contributed by atoms with Gasteiger partial charge in [0, 0.05) is 43.7 Å². The lowest BCUT2D eigenvalue weighted by molar-refractivity contribution is 0.0511. The van der Waals surface area contributed by atoms with Gasteiger partial charge in [0.2, 0.25) is 0 Å². The van der Waals surface area contributed by atoms with Gasteiger partial charge in [0.05, 0.1) is 18.9 Å². The molecule has 3 N–H and O–H groups in total. The second kappa shape index (κ2) is 10.9. The average Bonchev–Trinajstić information content (AvgIpc) is 3.42. The van der Waals surface area contributed by atoms with E-state index in [1.807, 2.05) is 39.8 Å². The fourth-order valence-electron chi connectivity index (χ4n) is 5.02. The number of benzene rings is 1. The predicted octanol–water partition coefficient (Wildman–Crippen LogP) is 3.08. The number of likely N-dealkylation sites (tertiary alicyclic amines) is 1. The summed E-state index contributed by atoms with van der Waals surface area (Å²) < 4.78 is 10.5. The highest BCUT2D eigenvalue weighted by Crippen LogP contribution is 2.28. The molecule has 2 amide bonds. The molecule has 0 saturated carbocycles. The number of hydrogen-bond acceptors (Lipinski definition) is 7. The van der Waals surface area contributed by atoms with Gasteiger partial charge in [-0.2, -0.15) is 0 Å². The SMILES string of the molecule is Cc1ccc(C2NCC(CN3CCOC3=O)C(N3CCC(CNC(=O)OC(C)(C)C)C3)N2)cc1Cl. The maximum atomic E-state index is 12.1. The summed E-state index contributed by atoms with van der Waals surface area (Å²) in [4.78, 5) is 28.4. The maximum Gasteiger partial charge on any atom is 0.409 e. The quantitative estimate of drug-likeness (QED) is 0.544. The Bertz CT molecular complexity index is 924. The summed E-state index contributed by atoms with van der Waals surface area (Å²) >= 11 is 6.41. The molecule has 0 aromatic heterocycles. The summed E-state index contributed by atoms with van der Waals surface area (Å²) in [6, 6.07) is 6.14. The zero-order chi connectivity index (χ0) is 25.2. The molecule has 0 spiro atoms. The van der Waals surface area contributed by atoms with Crippen LogP contribution in [0.5, 0.6) is 0 Å². The highest BCUT2D eigenvalue weighted by molar-refractivity contribution is 6.31. The maximum absolute atomic E-state index is 12.1. The van der Waals surface area contributed by atoms with Gasteiger partial charge in [-0.15, -0.1) is 0 Å². The first-order valence-corrected chi connectivity index (χ1v) is 12.8. The van der Waals surface area contributed by atoms with Crippen LogP contribution in [-0.4, -0.2) is 79.6 Å². The Morgan fingerprint density at radius 1 is 1.31 bits per heavy atom. The fourth-order valence-corrected chi connectivity index (χ4v) is 5.20. The van der Waals surface area contributed by atoms with E-state index in [9.17, 15) is 9.59 Å². The number of nitrogens with one attached hydrogen (secondary N) is 3. The van der Waals surface area contributed by atoms with E-state index in [4.69, 9.17) is 21.1 Å². The number of rotatable bonds is 6. The third-order valence-electron chi connectivity index (χ3n) is 6.84. The molecule has 4 atom stereocenters. The number of carbonyl (C=O) groups excluding carboxylic acids is 2. The van der Waals surface area contributed by atoms with E-state index in [0.717, 1.165) is 42.2 Å². The summed E-state index contributed by atoms with van der Waals surface area (Å²) in [5, 5.41) is 11.0. The molecule has 1 aromatic carbocycles. The number of aryl methyl sites for hydroxylation is 1. The summed E-state index contributed by atoms with van der Waals surface area (Å²) in [6.45, 7) is 12.4. The number of hydrogen-bond donors (Lipinski definition) is 3. The van der Waals surface area contributed by atoms with E-state index in [1.54, 1.807) is 4.90 Å². The predicted molar refractivity (Wildman–Crippen MR) is 134 cm³/mol. The Balaban J connectivity index is 1.41. The largest absolute Gasteiger partial charge is 0.448 e. The Morgan fingerprint density at radius 3 is 2.80 bits per heavy atom. The van der Waals surface area contributed by atoms with Crippen molar-refractivity contribution in [2.45, 2.75) is 52.0 Å². The van der Waals surface area contributed by atoms with Crippen molar-refractivity contribution in [3.05, 3.63) is 34.3 Å². The van der Waals surface area contributed by atoms with Gasteiger partial charge in [0.1, 0.15) is 12.2 Å². The molecule has 194 valence electrons. The van der Waals surface area contributed by atoms with Crippen molar-refractivity contribution in [3.8, 4) is 0 Å². The van der Waals surface area contributed by atoms with E-state index >= 15 is 0 Å². The number of cyclic esters (lactones) is 1.